The van der Waals surface area contributed by atoms with Crippen LogP contribution >= 0.6 is 22.9 Å². The molecule has 0 atom stereocenters. The number of carbonyl (C=O) groups excluding carboxylic acids is 3. The summed E-state index contributed by atoms with van der Waals surface area (Å²) in [6.07, 6.45) is 3.52. The zero-order valence-electron chi connectivity index (χ0n) is 15.5. The minimum absolute atomic E-state index is 0.0214. The van der Waals surface area contributed by atoms with Crippen LogP contribution in [0.5, 0.6) is 0 Å². The average Bonchev–Trinajstić information content (AvgIpc) is 3.03. The maximum absolute atomic E-state index is 12.4. The van der Waals surface area contributed by atoms with Gasteiger partial charge >= 0.3 is 5.97 Å². The van der Waals surface area contributed by atoms with E-state index in [1.165, 1.54) is 31.4 Å². The number of carbonyl (C=O) groups is 3. The number of anilines is 1. The van der Waals surface area contributed by atoms with Crippen molar-refractivity contribution in [2.75, 3.05) is 19.0 Å². The van der Waals surface area contributed by atoms with Crippen molar-refractivity contribution < 1.29 is 19.1 Å². The first-order valence-electron chi connectivity index (χ1n) is 8.62. The summed E-state index contributed by atoms with van der Waals surface area (Å²) in [5.41, 5.74) is 1.92. The summed E-state index contributed by atoms with van der Waals surface area (Å²) < 4.78 is 4.90. The monoisotopic (exact) mass is 418 g/mol. The van der Waals surface area contributed by atoms with Crippen molar-refractivity contribution in [2.24, 2.45) is 0 Å². The molecule has 0 saturated heterocycles. The van der Waals surface area contributed by atoms with Gasteiger partial charge in [-0.2, -0.15) is 0 Å². The Morgan fingerprint density at radius 1 is 1.29 bits per heavy atom. The van der Waals surface area contributed by atoms with E-state index in [4.69, 9.17) is 16.3 Å². The molecule has 28 heavy (non-hydrogen) atoms. The second-order valence-corrected chi connectivity index (χ2v) is 7.75. The fourth-order valence-electron chi connectivity index (χ4n) is 3.01. The Labute approximate surface area is 171 Å². The van der Waals surface area contributed by atoms with Crippen molar-refractivity contribution in [3.8, 4) is 0 Å². The third-order valence-corrected chi connectivity index (χ3v) is 5.92. The Kier molecular flexibility index (Phi) is 6.16. The molecule has 0 unspecified atom stereocenters. The highest BCUT2D eigenvalue weighted by molar-refractivity contribution is 7.17. The number of hydrogen-bond donors (Lipinski definition) is 1. The highest BCUT2D eigenvalue weighted by Gasteiger charge is 2.29. The molecule has 1 aliphatic rings. The number of benzene rings is 1. The first-order chi connectivity index (χ1) is 13.4. The van der Waals surface area contributed by atoms with Crippen LogP contribution in [0.25, 0.3) is 6.08 Å². The smallest absolute Gasteiger partial charge is 0.341 e. The summed E-state index contributed by atoms with van der Waals surface area (Å²) in [5, 5.41) is 3.73. The second-order valence-electron chi connectivity index (χ2n) is 6.23. The van der Waals surface area contributed by atoms with Crippen LogP contribution in [0.4, 0.5) is 5.00 Å². The molecule has 8 heteroatoms. The minimum Gasteiger partial charge on any atom is -0.465 e. The molecule has 0 bridgehead atoms. The van der Waals surface area contributed by atoms with E-state index in [2.05, 4.69) is 5.32 Å². The molecule has 2 amide bonds. The van der Waals surface area contributed by atoms with E-state index in [-0.39, 0.29) is 11.8 Å². The van der Waals surface area contributed by atoms with E-state index < -0.39 is 5.97 Å². The van der Waals surface area contributed by atoms with Gasteiger partial charge in [-0.25, -0.2) is 4.79 Å². The zero-order valence-corrected chi connectivity index (χ0v) is 17.0. The Hall–Kier alpha value is -2.64. The van der Waals surface area contributed by atoms with Crippen molar-refractivity contribution in [3.05, 3.63) is 56.9 Å². The van der Waals surface area contributed by atoms with E-state index in [1.807, 2.05) is 12.1 Å². The lowest BCUT2D eigenvalue weighted by molar-refractivity contribution is -0.129. The van der Waals surface area contributed by atoms with E-state index in [0.29, 0.717) is 35.1 Å². The average molecular weight is 419 g/mol. The number of rotatable bonds is 4. The number of ether oxygens (including phenoxy) is 1. The van der Waals surface area contributed by atoms with Crippen LogP contribution in [-0.2, 0) is 27.3 Å². The molecule has 1 aromatic heterocycles. The molecule has 3 rings (SSSR count). The number of fused-ring (bicyclic) bond motifs is 1. The maximum atomic E-state index is 12.4. The summed E-state index contributed by atoms with van der Waals surface area (Å²) in [4.78, 5) is 39.0. The Balaban J connectivity index is 1.85. The fourth-order valence-corrected chi connectivity index (χ4v) is 4.46. The molecular formula is C20H19ClN2O4S. The van der Waals surface area contributed by atoms with Crippen molar-refractivity contribution >= 4 is 51.8 Å². The van der Waals surface area contributed by atoms with Crippen LogP contribution in [0.1, 0.15) is 33.3 Å². The Bertz CT molecular complexity index is 967. The molecule has 1 aliphatic heterocycles. The van der Waals surface area contributed by atoms with Crippen molar-refractivity contribution in [1.29, 1.82) is 0 Å². The number of halogens is 1. The molecule has 6 nitrogen and oxygen atoms in total. The molecule has 146 valence electrons. The van der Waals surface area contributed by atoms with Crippen molar-refractivity contribution in [2.45, 2.75) is 19.9 Å². The van der Waals surface area contributed by atoms with Gasteiger partial charge < -0.3 is 15.0 Å². The standard InChI is InChI=1S/C20H19ClN2O4S/c1-12(24)23-10-9-14-16(11-23)28-19(18(14)20(26)27-2)22-17(25)8-7-13-5-3-4-6-15(13)21/h3-8H,9-11H2,1-2H3,(H,22,25)/b8-7+. The van der Waals surface area contributed by atoms with Gasteiger partial charge in [0.25, 0.3) is 0 Å². The number of nitrogens with one attached hydrogen (secondary N) is 1. The number of thiophene rings is 1. The predicted octanol–water partition coefficient (Wildman–Crippen LogP) is 3.74. The van der Waals surface area contributed by atoms with Crippen LogP contribution in [0, 0.1) is 0 Å². The number of amides is 2. The summed E-state index contributed by atoms with van der Waals surface area (Å²) in [6.45, 7) is 2.47. The SMILES string of the molecule is COC(=O)c1c(NC(=O)/C=C/c2ccccc2Cl)sc2c1CCN(C(C)=O)C2. The molecule has 2 heterocycles. The van der Waals surface area contributed by atoms with Gasteiger partial charge in [0.15, 0.2) is 0 Å². The summed E-state index contributed by atoms with van der Waals surface area (Å²) in [6, 6.07) is 7.17. The molecule has 0 saturated carbocycles. The fraction of sp³-hybridized carbons (Fsp3) is 0.250. The topological polar surface area (TPSA) is 75.7 Å². The molecule has 1 N–H and O–H groups in total. The third kappa shape index (κ3) is 4.26. The lowest BCUT2D eigenvalue weighted by atomic mass is 10.0. The van der Waals surface area contributed by atoms with Gasteiger partial charge in [-0.15, -0.1) is 11.3 Å². The second kappa shape index (κ2) is 8.58. The zero-order chi connectivity index (χ0) is 20.3. The van der Waals surface area contributed by atoms with E-state index >= 15 is 0 Å². The van der Waals surface area contributed by atoms with Crippen LogP contribution in [-0.4, -0.2) is 36.3 Å². The van der Waals surface area contributed by atoms with Gasteiger partial charge in [-0.05, 0) is 29.7 Å². The minimum atomic E-state index is -0.501. The van der Waals surface area contributed by atoms with Crippen LogP contribution in [0.2, 0.25) is 5.02 Å². The van der Waals surface area contributed by atoms with E-state index in [1.54, 1.807) is 23.1 Å². The maximum Gasteiger partial charge on any atom is 0.341 e. The Morgan fingerprint density at radius 2 is 2.04 bits per heavy atom. The first kappa shape index (κ1) is 20.1. The lowest BCUT2D eigenvalue weighted by Gasteiger charge is -2.25. The van der Waals surface area contributed by atoms with E-state index in [9.17, 15) is 14.4 Å². The molecular weight excluding hydrogens is 400 g/mol. The number of hydrogen-bond acceptors (Lipinski definition) is 5. The van der Waals surface area contributed by atoms with Crippen LogP contribution in [0.15, 0.2) is 30.3 Å². The van der Waals surface area contributed by atoms with Crippen LogP contribution < -0.4 is 5.32 Å². The molecule has 0 radical (unpaired) electrons. The van der Waals surface area contributed by atoms with Gasteiger partial charge in [0.2, 0.25) is 11.8 Å². The molecule has 0 aliphatic carbocycles. The third-order valence-electron chi connectivity index (χ3n) is 4.45. The summed E-state index contributed by atoms with van der Waals surface area (Å²) in [7, 11) is 1.31. The quantitative estimate of drug-likeness (QED) is 0.606. The molecule has 1 aromatic carbocycles. The van der Waals surface area contributed by atoms with Crippen molar-refractivity contribution in [1.82, 2.24) is 4.90 Å². The van der Waals surface area contributed by atoms with Gasteiger partial charge in [-0.1, -0.05) is 29.8 Å². The highest BCUT2D eigenvalue weighted by Crippen LogP contribution is 2.37. The predicted molar refractivity (Wildman–Crippen MR) is 110 cm³/mol. The normalized spacial score (nSPS) is 13.3. The van der Waals surface area contributed by atoms with Gasteiger partial charge in [0.05, 0.1) is 19.2 Å². The summed E-state index contributed by atoms with van der Waals surface area (Å²) >= 11 is 7.38. The molecule has 0 fully saturated rings. The van der Waals surface area contributed by atoms with Crippen LogP contribution in [0.3, 0.4) is 0 Å². The Morgan fingerprint density at radius 3 is 2.71 bits per heavy atom. The van der Waals surface area contributed by atoms with E-state index in [0.717, 1.165) is 16.0 Å². The van der Waals surface area contributed by atoms with Gasteiger partial charge in [0, 0.05) is 29.4 Å². The lowest BCUT2D eigenvalue weighted by Crippen LogP contribution is -2.33. The number of esters is 1. The molecule has 0 spiro atoms. The summed E-state index contributed by atoms with van der Waals surface area (Å²) in [5.74, 6) is -0.904. The first-order valence-corrected chi connectivity index (χ1v) is 9.82. The van der Waals surface area contributed by atoms with Gasteiger partial charge in [0.1, 0.15) is 5.00 Å². The molecule has 2 aromatic rings. The highest BCUT2D eigenvalue weighted by atomic mass is 35.5. The van der Waals surface area contributed by atoms with Crippen molar-refractivity contribution in [3.63, 3.8) is 0 Å². The van der Waals surface area contributed by atoms with Gasteiger partial charge in [-0.3, -0.25) is 9.59 Å². The largest absolute Gasteiger partial charge is 0.465 e. The number of methoxy groups -OCH3 is 1. The number of nitrogens with zero attached hydrogens (tertiary/aromatic N) is 1.